The summed E-state index contributed by atoms with van der Waals surface area (Å²) in [6, 6.07) is 8.65. The quantitative estimate of drug-likeness (QED) is 0.495. The molecule has 0 N–H and O–H groups in total. The number of hydrogen-bond donors (Lipinski definition) is 0. The van der Waals surface area contributed by atoms with Crippen LogP contribution in [-0.4, -0.2) is 23.7 Å². The average molecular weight is 432 g/mol. The molecule has 0 unspecified atom stereocenters. The fourth-order valence-electron chi connectivity index (χ4n) is 2.98. The van der Waals surface area contributed by atoms with Crippen molar-refractivity contribution in [1.29, 1.82) is 0 Å². The summed E-state index contributed by atoms with van der Waals surface area (Å²) >= 11 is 12.3. The van der Waals surface area contributed by atoms with Gasteiger partial charge in [-0.1, -0.05) is 29.3 Å². The highest BCUT2D eigenvalue weighted by Crippen LogP contribution is 2.27. The number of aromatic nitrogens is 5. The molecule has 4 aromatic rings. The van der Waals surface area contributed by atoms with Crippen LogP contribution in [0, 0.1) is 0 Å². The van der Waals surface area contributed by atoms with Gasteiger partial charge in [-0.25, -0.2) is 4.79 Å². The first-order valence-electron chi connectivity index (χ1n) is 8.55. The van der Waals surface area contributed by atoms with Gasteiger partial charge in [-0.05, 0) is 29.8 Å². The third-order valence-corrected chi connectivity index (χ3v) is 5.09. The molecule has 0 saturated carbocycles. The Balaban J connectivity index is 1.97. The van der Waals surface area contributed by atoms with Gasteiger partial charge in [-0.2, -0.15) is 4.98 Å². The van der Waals surface area contributed by atoms with E-state index in [1.165, 1.54) is 17.8 Å². The van der Waals surface area contributed by atoms with E-state index in [2.05, 4.69) is 9.97 Å². The molecular weight excluding hydrogens is 417 g/mol. The SMILES string of the molecule is Cn1c(=O)c2c(nc(Oc3cccnc3)n2Cc2ccc(Cl)cc2Cl)n(C)c1=O. The Kier molecular flexibility index (Phi) is 4.89. The highest BCUT2D eigenvalue weighted by molar-refractivity contribution is 6.35. The van der Waals surface area contributed by atoms with Crippen molar-refractivity contribution in [2.75, 3.05) is 0 Å². The van der Waals surface area contributed by atoms with Crippen LogP contribution in [0.25, 0.3) is 11.2 Å². The van der Waals surface area contributed by atoms with Crippen LogP contribution in [0.1, 0.15) is 5.56 Å². The van der Waals surface area contributed by atoms with Crippen molar-refractivity contribution < 1.29 is 4.74 Å². The Morgan fingerprint density at radius 3 is 2.59 bits per heavy atom. The zero-order valence-corrected chi connectivity index (χ0v) is 17.0. The number of ether oxygens (including phenoxy) is 1. The maximum absolute atomic E-state index is 12.9. The minimum Gasteiger partial charge on any atom is -0.424 e. The van der Waals surface area contributed by atoms with Gasteiger partial charge in [0.25, 0.3) is 5.56 Å². The zero-order chi connectivity index (χ0) is 20.7. The molecule has 0 saturated heterocycles. The van der Waals surface area contributed by atoms with E-state index in [0.29, 0.717) is 21.4 Å². The molecule has 4 rings (SSSR count). The number of imidazole rings is 1. The van der Waals surface area contributed by atoms with Crippen LogP contribution >= 0.6 is 23.2 Å². The summed E-state index contributed by atoms with van der Waals surface area (Å²) in [7, 11) is 2.96. The minimum atomic E-state index is -0.485. The van der Waals surface area contributed by atoms with Crippen molar-refractivity contribution in [3.63, 3.8) is 0 Å². The summed E-state index contributed by atoms with van der Waals surface area (Å²) < 4.78 is 9.78. The number of aryl methyl sites for hydroxylation is 1. The fraction of sp³-hybridized carbons (Fsp3) is 0.158. The minimum absolute atomic E-state index is 0.136. The molecule has 148 valence electrons. The summed E-state index contributed by atoms with van der Waals surface area (Å²) in [5.41, 5.74) is 0.176. The molecule has 0 aliphatic carbocycles. The smallest absolute Gasteiger partial charge is 0.332 e. The van der Waals surface area contributed by atoms with E-state index in [1.807, 2.05) is 0 Å². The molecule has 0 amide bonds. The number of pyridine rings is 1. The van der Waals surface area contributed by atoms with Gasteiger partial charge in [0, 0.05) is 30.3 Å². The lowest BCUT2D eigenvalue weighted by Gasteiger charge is -2.11. The van der Waals surface area contributed by atoms with Gasteiger partial charge < -0.3 is 4.74 Å². The van der Waals surface area contributed by atoms with Gasteiger partial charge >= 0.3 is 11.7 Å². The second-order valence-electron chi connectivity index (χ2n) is 6.39. The molecule has 0 bridgehead atoms. The van der Waals surface area contributed by atoms with Crippen LogP contribution in [0.5, 0.6) is 11.8 Å². The number of hydrogen-bond acceptors (Lipinski definition) is 5. The van der Waals surface area contributed by atoms with Crippen LogP contribution < -0.4 is 16.0 Å². The van der Waals surface area contributed by atoms with Crippen molar-refractivity contribution in [3.8, 4) is 11.8 Å². The van der Waals surface area contributed by atoms with Gasteiger partial charge in [0.15, 0.2) is 11.2 Å². The average Bonchev–Trinajstić information content (AvgIpc) is 3.05. The topological polar surface area (TPSA) is 83.9 Å². The summed E-state index contributed by atoms with van der Waals surface area (Å²) in [6.07, 6.45) is 3.14. The number of benzene rings is 1. The highest BCUT2D eigenvalue weighted by atomic mass is 35.5. The molecule has 0 fully saturated rings. The first-order chi connectivity index (χ1) is 13.9. The highest BCUT2D eigenvalue weighted by Gasteiger charge is 2.21. The predicted octanol–water partition coefficient (Wildman–Crippen LogP) is 2.98. The largest absolute Gasteiger partial charge is 0.424 e. The van der Waals surface area contributed by atoms with E-state index in [0.717, 1.165) is 4.57 Å². The summed E-state index contributed by atoms with van der Waals surface area (Å²) in [6.45, 7) is 0.190. The van der Waals surface area contributed by atoms with Crippen molar-refractivity contribution in [3.05, 3.63) is 79.2 Å². The van der Waals surface area contributed by atoms with E-state index in [-0.39, 0.29) is 23.7 Å². The monoisotopic (exact) mass is 431 g/mol. The maximum Gasteiger partial charge on any atom is 0.332 e. The molecule has 0 radical (unpaired) electrons. The van der Waals surface area contributed by atoms with Gasteiger partial charge in [-0.15, -0.1) is 0 Å². The fourth-order valence-corrected chi connectivity index (χ4v) is 3.45. The second kappa shape index (κ2) is 7.38. The number of rotatable bonds is 4. The standard InChI is InChI=1S/C19H15Cl2N5O3/c1-24-16-15(17(27)25(2)19(24)28)26(10-11-5-6-12(20)8-14(11)21)18(23-16)29-13-4-3-7-22-9-13/h3-9H,10H2,1-2H3. The number of nitrogens with zero attached hydrogens (tertiary/aromatic N) is 5. The molecular formula is C19H15Cl2N5O3. The molecule has 3 aromatic heterocycles. The van der Waals surface area contributed by atoms with E-state index < -0.39 is 11.2 Å². The molecule has 0 aliphatic heterocycles. The Hall–Kier alpha value is -3.10. The third kappa shape index (κ3) is 3.41. The molecule has 29 heavy (non-hydrogen) atoms. The summed E-state index contributed by atoms with van der Waals surface area (Å²) in [5, 5.41) is 0.938. The normalized spacial score (nSPS) is 11.2. The molecule has 3 heterocycles. The van der Waals surface area contributed by atoms with Crippen LogP contribution in [-0.2, 0) is 20.6 Å². The Bertz CT molecular complexity index is 1340. The molecule has 1 aromatic carbocycles. The van der Waals surface area contributed by atoms with Crippen LogP contribution in [0.15, 0.2) is 52.3 Å². The van der Waals surface area contributed by atoms with Gasteiger partial charge in [0.05, 0.1) is 12.7 Å². The third-order valence-electron chi connectivity index (χ3n) is 4.50. The van der Waals surface area contributed by atoms with Crippen LogP contribution in [0.3, 0.4) is 0 Å². The first-order valence-corrected chi connectivity index (χ1v) is 9.30. The predicted molar refractivity (Wildman–Crippen MR) is 110 cm³/mol. The van der Waals surface area contributed by atoms with E-state index >= 15 is 0 Å². The molecule has 10 heteroatoms. The van der Waals surface area contributed by atoms with Crippen LogP contribution in [0.4, 0.5) is 0 Å². The summed E-state index contributed by atoms with van der Waals surface area (Å²) in [5.74, 6) is 0.438. The molecule has 0 aliphatic rings. The summed E-state index contributed by atoms with van der Waals surface area (Å²) in [4.78, 5) is 33.6. The van der Waals surface area contributed by atoms with Crippen molar-refractivity contribution in [2.45, 2.75) is 6.54 Å². The Morgan fingerprint density at radius 1 is 1.10 bits per heavy atom. The maximum atomic E-state index is 12.9. The lowest BCUT2D eigenvalue weighted by molar-refractivity contribution is 0.419. The van der Waals surface area contributed by atoms with Gasteiger partial charge in [0.1, 0.15) is 5.75 Å². The molecule has 0 spiro atoms. The zero-order valence-electron chi connectivity index (χ0n) is 15.5. The molecule has 0 atom stereocenters. The Labute approximate surface area is 174 Å². The number of fused-ring (bicyclic) bond motifs is 1. The van der Waals surface area contributed by atoms with Crippen molar-refractivity contribution in [2.24, 2.45) is 14.1 Å². The van der Waals surface area contributed by atoms with Gasteiger partial charge in [-0.3, -0.25) is 23.5 Å². The van der Waals surface area contributed by atoms with Gasteiger partial charge in [0.2, 0.25) is 0 Å². The number of halogens is 2. The lowest BCUT2D eigenvalue weighted by Crippen LogP contribution is -2.37. The van der Waals surface area contributed by atoms with Crippen LogP contribution in [0.2, 0.25) is 10.0 Å². The van der Waals surface area contributed by atoms with E-state index in [4.69, 9.17) is 27.9 Å². The van der Waals surface area contributed by atoms with Crippen molar-refractivity contribution >= 4 is 34.4 Å². The lowest BCUT2D eigenvalue weighted by atomic mass is 10.2. The van der Waals surface area contributed by atoms with E-state index in [9.17, 15) is 9.59 Å². The van der Waals surface area contributed by atoms with E-state index in [1.54, 1.807) is 48.1 Å². The second-order valence-corrected chi connectivity index (χ2v) is 7.23. The first kappa shape index (κ1) is 19.2. The Morgan fingerprint density at radius 2 is 1.90 bits per heavy atom. The molecule has 8 nitrogen and oxygen atoms in total. The van der Waals surface area contributed by atoms with Crippen molar-refractivity contribution in [1.82, 2.24) is 23.7 Å².